The molecule has 1 N–H and O–H groups in total. The third-order valence-corrected chi connectivity index (χ3v) is 6.69. The van der Waals surface area contributed by atoms with E-state index in [4.69, 9.17) is 0 Å². The fourth-order valence-corrected chi connectivity index (χ4v) is 5.73. The Bertz CT molecular complexity index is 280. The van der Waals surface area contributed by atoms with Crippen molar-refractivity contribution in [2.75, 3.05) is 38.5 Å². The standard InChI is InChI=1S/C15H28N2S.ClH/c1-14(7-8-16-11-14)12-17-9-10-18-15(13-17)5-3-2-4-6-15;/h16H,2-13H2,1H3;1H. The first-order valence-corrected chi connectivity index (χ1v) is 8.76. The highest BCUT2D eigenvalue weighted by atomic mass is 35.5. The number of halogens is 1. The van der Waals surface area contributed by atoms with Crippen LogP contribution in [0.1, 0.15) is 45.4 Å². The summed E-state index contributed by atoms with van der Waals surface area (Å²) in [6.45, 7) is 8.94. The molecular weight excluding hydrogens is 276 g/mol. The predicted molar refractivity (Wildman–Crippen MR) is 87.6 cm³/mol. The van der Waals surface area contributed by atoms with Crippen molar-refractivity contribution < 1.29 is 0 Å². The summed E-state index contributed by atoms with van der Waals surface area (Å²) in [5.74, 6) is 1.36. The van der Waals surface area contributed by atoms with E-state index in [2.05, 4.69) is 28.9 Å². The van der Waals surface area contributed by atoms with Crippen molar-refractivity contribution in [1.29, 1.82) is 0 Å². The maximum atomic E-state index is 3.54. The lowest BCUT2D eigenvalue weighted by Crippen LogP contribution is -2.50. The van der Waals surface area contributed by atoms with Gasteiger partial charge in [0.15, 0.2) is 0 Å². The highest BCUT2D eigenvalue weighted by molar-refractivity contribution is 8.00. The summed E-state index contributed by atoms with van der Waals surface area (Å²) in [5, 5.41) is 3.54. The average molecular weight is 305 g/mol. The maximum absolute atomic E-state index is 3.54. The molecule has 19 heavy (non-hydrogen) atoms. The zero-order valence-electron chi connectivity index (χ0n) is 12.2. The second-order valence-corrected chi connectivity index (χ2v) is 8.60. The molecule has 0 amide bonds. The molecule has 4 heteroatoms. The Balaban J connectivity index is 0.00000133. The van der Waals surface area contributed by atoms with Crippen LogP contribution in [0, 0.1) is 5.41 Å². The third-order valence-electron chi connectivity index (χ3n) is 5.15. The molecule has 0 aromatic carbocycles. The van der Waals surface area contributed by atoms with Gasteiger partial charge in [-0.25, -0.2) is 0 Å². The molecule has 2 nitrogen and oxygen atoms in total. The van der Waals surface area contributed by atoms with Crippen LogP contribution < -0.4 is 5.32 Å². The summed E-state index contributed by atoms with van der Waals surface area (Å²) in [7, 11) is 0. The molecular formula is C15H29ClN2S. The van der Waals surface area contributed by atoms with Gasteiger partial charge in [0.1, 0.15) is 0 Å². The lowest BCUT2D eigenvalue weighted by Gasteiger charge is -2.46. The molecule has 2 saturated heterocycles. The summed E-state index contributed by atoms with van der Waals surface area (Å²) in [5.41, 5.74) is 0.540. The van der Waals surface area contributed by atoms with Gasteiger partial charge in [0, 0.05) is 36.7 Å². The minimum Gasteiger partial charge on any atom is -0.316 e. The van der Waals surface area contributed by atoms with Gasteiger partial charge in [-0.2, -0.15) is 11.8 Å². The molecule has 1 saturated carbocycles. The molecule has 1 unspecified atom stereocenters. The quantitative estimate of drug-likeness (QED) is 0.843. The second-order valence-electron chi connectivity index (χ2n) is 7.04. The van der Waals surface area contributed by atoms with Gasteiger partial charge in [0.05, 0.1) is 0 Å². The zero-order chi connectivity index (χ0) is 12.5. The Hall–Kier alpha value is 0.560. The van der Waals surface area contributed by atoms with Gasteiger partial charge in [-0.1, -0.05) is 26.2 Å². The van der Waals surface area contributed by atoms with Crippen molar-refractivity contribution >= 4 is 24.2 Å². The minimum absolute atomic E-state index is 0. The lowest BCUT2D eigenvalue weighted by molar-refractivity contribution is 0.153. The van der Waals surface area contributed by atoms with Crippen molar-refractivity contribution in [3.63, 3.8) is 0 Å². The summed E-state index contributed by atoms with van der Waals surface area (Å²) >= 11 is 2.29. The fourth-order valence-electron chi connectivity index (χ4n) is 4.10. The van der Waals surface area contributed by atoms with Gasteiger partial charge >= 0.3 is 0 Å². The van der Waals surface area contributed by atoms with E-state index in [-0.39, 0.29) is 12.4 Å². The summed E-state index contributed by atoms with van der Waals surface area (Å²) in [4.78, 5) is 2.79. The average Bonchev–Trinajstić information content (AvgIpc) is 2.77. The molecule has 3 fully saturated rings. The van der Waals surface area contributed by atoms with Crippen LogP contribution in [0.2, 0.25) is 0 Å². The Morgan fingerprint density at radius 2 is 1.95 bits per heavy atom. The highest BCUT2D eigenvalue weighted by Gasteiger charge is 2.39. The van der Waals surface area contributed by atoms with Crippen LogP contribution in [0.5, 0.6) is 0 Å². The fraction of sp³-hybridized carbons (Fsp3) is 1.00. The first-order valence-electron chi connectivity index (χ1n) is 7.77. The number of thioether (sulfide) groups is 1. The van der Waals surface area contributed by atoms with E-state index in [9.17, 15) is 0 Å². The van der Waals surface area contributed by atoms with E-state index in [1.54, 1.807) is 0 Å². The first-order chi connectivity index (χ1) is 8.70. The Morgan fingerprint density at radius 3 is 2.63 bits per heavy atom. The largest absolute Gasteiger partial charge is 0.316 e. The van der Waals surface area contributed by atoms with Gasteiger partial charge in [-0.15, -0.1) is 12.4 Å². The van der Waals surface area contributed by atoms with Crippen molar-refractivity contribution in [3.05, 3.63) is 0 Å². The van der Waals surface area contributed by atoms with E-state index in [0.717, 1.165) is 0 Å². The molecule has 0 bridgehead atoms. The number of rotatable bonds is 2. The van der Waals surface area contributed by atoms with E-state index < -0.39 is 0 Å². The lowest BCUT2D eigenvalue weighted by atomic mass is 9.85. The zero-order valence-corrected chi connectivity index (χ0v) is 13.9. The van der Waals surface area contributed by atoms with Crippen molar-refractivity contribution in [2.24, 2.45) is 5.41 Å². The van der Waals surface area contributed by atoms with Crippen molar-refractivity contribution in [3.8, 4) is 0 Å². The van der Waals surface area contributed by atoms with Crippen molar-refractivity contribution in [2.45, 2.75) is 50.2 Å². The smallest absolute Gasteiger partial charge is 0.0287 e. The van der Waals surface area contributed by atoms with Gasteiger partial charge < -0.3 is 10.2 Å². The number of hydrogen-bond donors (Lipinski definition) is 1. The molecule has 112 valence electrons. The molecule has 1 aliphatic carbocycles. The molecule has 2 heterocycles. The normalized spacial score (nSPS) is 35.2. The molecule has 2 aliphatic heterocycles. The van der Waals surface area contributed by atoms with Crippen LogP contribution in [0.15, 0.2) is 0 Å². The number of nitrogens with one attached hydrogen (secondary N) is 1. The van der Waals surface area contributed by atoms with Crippen LogP contribution in [0.3, 0.4) is 0 Å². The van der Waals surface area contributed by atoms with Crippen LogP contribution >= 0.6 is 24.2 Å². The molecule has 0 aromatic rings. The molecule has 1 atom stereocenters. The summed E-state index contributed by atoms with van der Waals surface area (Å²) in [6, 6.07) is 0. The SMILES string of the molecule is CC1(CN2CCSC3(CCCCC3)C2)CCNC1.Cl. The Kier molecular flexibility index (Phi) is 5.49. The molecule has 0 aromatic heterocycles. The molecule has 3 aliphatic rings. The van der Waals surface area contributed by atoms with Gasteiger partial charge in [0.2, 0.25) is 0 Å². The van der Waals surface area contributed by atoms with Crippen LogP contribution in [-0.2, 0) is 0 Å². The summed E-state index contributed by atoms with van der Waals surface area (Å²) in [6.07, 6.45) is 8.74. The monoisotopic (exact) mass is 304 g/mol. The Labute approximate surface area is 128 Å². The number of hydrogen-bond acceptors (Lipinski definition) is 3. The van der Waals surface area contributed by atoms with E-state index in [0.29, 0.717) is 10.2 Å². The predicted octanol–water partition coefficient (Wildman–Crippen LogP) is 3.16. The molecule has 1 spiro atoms. The van der Waals surface area contributed by atoms with Crippen LogP contribution in [0.4, 0.5) is 0 Å². The second kappa shape index (κ2) is 6.55. The van der Waals surface area contributed by atoms with Crippen LogP contribution in [-0.4, -0.2) is 48.1 Å². The number of nitrogens with zero attached hydrogens (tertiary/aromatic N) is 1. The highest BCUT2D eigenvalue weighted by Crippen LogP contribution is 2.43. The van der Waals surface area contributed by atoms with Gasteiger partial charge in [-0.3, -0.25) is 0 Å². The minimum atomic E-state index is 0. The van der Waals surface area contributed by atoms with Crippen molar-refractivity contribution in [1.82, 2.24) is 10.2 Å². The first kappa shape index (κ1) is 15.9. The van der Waals surface area contributed by atoms with E-state index >= 15 is 0 Å². The molecule has 0 radical (unpaired) electrons. The van der Waals surface area contributed by atoms with Gasteiger partial charge in [0.25, 0.3) is 0 Å². The topological polar surface area (TPSA) is 15.3 Å². The van der Waals surface area contributed by atoms with E-state index in [1.807, 2.05) is 0 Å². The van der Waals surface area contributed by atoms with Gasteiger partial charge in [-0.05, 0) is 31.2 Å². The molecule has 3 rings (SSSR count). The maximum Gasteiger partial charge on any atom is 0.0287 e. The summed E-state index contributed by atoms with van der Waals surface area (Å²) < 4.78 is 0.638. The van der Waals surface area contributed by atoms with Crippen LogP contribution in [0.25, 0.3) is 0 Å². The third kappa shape index (κ3) is 3.81. The van der Waals surface area contributed by atoms with E-state index in [1.165, 1.54) is 77.0 Å². The Morgan fingerprint density at radius 1 is 1.16 bits per heavy atom.